The van der Waals surface area contributed by atoms with Crippen molar-refractivity contribution in [2.75, 3.05) is 13.2 Å². The summed E-state index contributed by atoms with van der Waals surface area (Å²) in [4.78, 5) is 0. The number of fused-ring (bicyclic) bond motifs is 1. The molecule has 0 spiro atoms. The molecule has 1 heterocycles. The maximum absolute atomic E-state index is 5.90. The lowest BCUT2D eigenvalue weighted by Crippen LogP contribution is -2.24. The summed E-state index contributed by atoms with van der Waals surface area (Å²) in [5.74, 6) is 0. The Bertz CT molecular complexity index is 529. The summed E-state index contributed by atoms with van der Waals surface area (Å²) in [7, 11) is 0. The van der Waals surface area contributed by atoms with Crippen LogP contribution < -0.4 is 5.32 Å². The van der Waals surface area contributed by atoms with Crippen molar-refractivity contribution in [2.45, 2.75) is 44.8 Å². The summed E-state index contributed by atoms with van der Waals surface area (Å²) in [5.41, 5.74) is 2.18. The topological polar surface area (TPSA) is 34.4 Å². The number of rotatable bonds is 6. The first kappa shape index (κ1) is 13.7. The van der Waals surface area contributed by atoms with Gasteiger partial charge in [-0.2, -0.15) is 0 Å². The van der Waals surface area contributed by atoms with Gasteiger partial charge in [-0.05, 0) is 18.9 Å². The van der Waals surface area contributed by atoms with Gasteiger partial charge in [0.05, 0.1) is 19.0 Å². The van der Waals surface area contributed by atoms with Crippen molar-refractivity contribution in [2.24, 2.45) is 0 Å². The van der Waals surface area contributed by atoms with E-state index < -0.39 is 0 Å². The van der Waals surface area contributed by atoms with E-state index in [1.807, 2.05) is 24.5 Å². The molecule has 0 aliphatic heterocycles. The van der Waals surface area contributed by atoms with Crippen LogP contribution in [-0.4, -0.2) is 19.3 Å². The summed E-state index contributed by atoms with van der Waals surface area (Å²) >= 11 is 0. The molecule has 3 nitrogen and oxygen atoms in total. The molecule has 108 valence electrons. The van der Waals surface area contributed by atoms with Crippen LogP contribution in [0.2, 0.25) is 0 Å². The fraction of sp³-hybridized carbons (Fsp3) is 0.529. The highest BCUT2D eigenvalue weighted by Crippen LogP contribution is 2.21. The van der Waals surface area contributed by atoms with E-state index in [2.05, 4.69) is 11.4 Å². The molecule has 0 unspecified atom stereocenters. The van der Waals surface area contributed by atoms with Gasteiger partial charge >= 0.3 is 0 Å². The van der Waals surface area contributed by atoms with Gasteiger partial charge in [-0.15, -0.1) is 0 Å². The third-order valence-electron chi connectivity index (χ3n) is 4.06. The Hall–Kier alpha value is -1.32. The van der Waals surface area contributed by atoms with Crippen molar-refractivity contribution in [3.05, 3.63) is 36.1 Å². The van der Waals surface area contributed by atoms with Crippen LogP contribution in [0.15, 0.2) is 34.9 Å². The van der Waals surface area contributed by atoms with Crippen LogP contribution in [0.3, 0.4) is 0 Å². The van der Waals surface area contributed by atoms with Crippen molar-refractivity contribution >= 4 is 11.0 Å². The fourth-order valence-corrected chi connectivity index (χ4v) is 2.92. The molecule has 1 aliphatic carbocycles. The molecule has 0 atom stereocenters. The molecule has 3 heteroatoms. The zero-order valence-electron chi connectivity index (χ0n) is 11.9. The Labute approximate surface area is 120 Å². The van der Waals surface area contributed by atoms with Crippen LogP contribution in [0.5, 0.6) is 0 Å². The van der Waals surface area contributed by atoms with Gasteiger partial charge in [-0.25, -0.2) is 0 Å². The smallest absolute Gasteiger partial charge is 0.134 e. The number of benzene rings is 1. The summed E-state index contributed by atoms with van der Waals surface area (Å²) in [6.45, 7) is 2.54. The number of para-hydroxylation sites is 1. The standard InChI is InChI=1S/C17H23NO2/c1-2-6-15(7-3-1)19-11-10-18-12-14-13-20-17-9-5-4-8-16(14)17/h4-5,8-9,13,15,18H,1-3,6-7,10-12H2. The first-order valence-corrected chi connectivity index (χ1v) is 7.71. The average molecular weight is 273 g/mol. The van der Waals surface area contributed by atoms with Crippen molar-refractivity contribution in [1.29, 1.82) is 0 Å². The number of furan rings is 1. The van der Waals surface area contributed by atoms with Crippen molar-refractivity contribution < 1.29 is 9.15 Å². The molecule has 0 bridgehead atoms. The minimum absolute atomic E-state index is 0.500. The van der Waals surface area contributed by atoms with Crippen LogP contribution in [0.25, 0.3) is 11.0 Å². The lowest BCUT2D eigenvalue weighted by Gasteiger charge is -2.21. The maximum atomic E-state index is 5.90. The molecule has 3 rings (SSSR count). The molecule has 1 saturated carbocycles. The number of hydrogen-bond donors (Lipinski definition) is 1. The summed E-state index contributed by atoms with van der Waals surface area (Å²) in [6, 6.07) is 8.16. The highest BCUT2D eigenvalue weighted by atomic mass is 16.5. The van der Waals surface area contributed by atoms with E-state index in [1.165, 1.54) is 43.1 Å². The number of nitrogens with one attached hydrogen (secondary N) is 1. The largest absolute Gasteiger partial charge is 0.464 e. The quantitative estimate of drug-likeness (QED) is 0.811. The van der Waals surface area contributed by atoms with Crippen LogP contribution in [0.4, 0.5) is 0 Å². The molecular formula is C17H23NO2. The van der Waals surface area contributed by atoms with E-state index in [1.54, 1.807) is 0 Å². The minimum atomic E-state index is 0.500. The molecule has 1 fully saturated rings. The Kier molecular flexibility index (Phi) is 4.72. The summed E-state index contributed by atoms with van der Waals surface area (Å²) in [5, 5.41) is 4.64. The summed E-state index contributed by atoms with van der Waals surface area (Å²) in [6.07, 6.45) is 8.88. The zero-order valence-corrected chi connectivity index (χ0v) is 11.9. The highest BCUT2D eigenvalue weighted by Gasteiger charge is 2.13. The van der Waals surface area contributed by atoms with Crippen molar-refractivity contribution in [3.63, 3.8) is 0 Å². The molecule has 1 aromatic carbocycles. The van der Waals surface area contributed by atoms with E-state index in [9.17, 15) is 0 Å². The molecule has 20 heavy (non-hydrogen) atoms. The Balaban J connectivity index is 1.39. The predicted octanol–water partition coefficient (Wildman–Crippen LogP) is 3.87. The van der Waals surface area contributed by atoms with Gasteiger partial charge in [0, 0.05) is 24.0 Å². The average Bonchev–Trinajstić information content (AvgIpc) is 2.91. The second-order valence-electron chi connectivity index (χ2n) is 5.56. The molecule has 0 saturated heterocycles. The van der Waals surface area contributed by atoms with E-state index in [4.69, 9.17) is 9.15 Å². The Morgan fingerprint density at radius 3 is 2.90 bits per heavy atom. The number of ether oxygens (including phenoxy) is 1. The van der Waals surface area contributed by atoms with Crippen molar-refractivity contribution in [1.82, 2.24) is 5.32 Å². The fourth-order valence-electron chi connectivity index (χ4n) is 2.92. The van der Waals surface area contributed by atoms with Crippen molar-refractivity contribution in [3.8, 4) is 0 Å². The van der Waals surface area contributed by atoms with Gasteiger partial charge in [-0.3, -0.25) is 0 Å². The van der Waals surface area contributed by atoms with Crippen LogP contribution in [0.1, 0.15) is 37.7 Å². The lowest BCUT2D eigenvalue weighted by molar-refractivity contribution is 0.0302. The molecule has 1 aromatic heterocycles. The van der Waals surface area contributed by atoms with Gasteiger partial charge in [0.1, 0.15) is 5.58 Å². The zero-order chi connectivity index (χ0) is 13.6. The van der Waals surface area contributed by atoms with Gasteiger partial charge in [0.15, 0.2) is 0 Å². The highest BCUT2D eigenvalue weighted by molar-refractivity contribution is 5.80. The maximum Gasteiger partial charge on any atom is 0.134 e. The van der Waals surface area contributed by atoms with Gasteiger partial charge < -0.3 is 14.5 Å². The van der Waals surface area contributed by atoms with E-state index in [0.717, 1.165) is 25.3 Å². The molecule has 2 aromatic rings. The van der Waals surface area contributed by atoms with Crippen LogP contribution >= 0.6 is 0 Å². The SMILES string of the molecule is c1ccc2c(CNCCOC3CCCCC3)coc2c1. The van der Waals surface area contributed by atoms with Gasteiger partial charge in [0.2, 0.25) is 0 Å². The second kappa shape index (κ2) is 6.91. The first-order valence-electron chi connectivity index (χ1n) is 7.71. The van der Waals surface area contributed by atoms with Crippen LogP contribution in [0, 0.1) is 0 Å². The molecule has 0 amide bonds. The van der Waals surface area contributed by atoms with E-state index >= 15 is 0 Å². The van der Waals surface area contributed by atoms with Crippen LogP contribution in [-0.2, 0) is 11.3 Å². The lowest BCUT2D eigenvalue weighted by atomic mass is 9.98. The molecular weight excluding hydrogens is 250 g/mol. The summed E-state index contributed by atoms with van der Waals surface area (Å²) < 4.78 is 11.4. The van der Waals surface area contributed by atoms with E-state index in [-0.39, 0.29) is 0 Å². The monoisotopic (exact) mass is 273 g/mol. The number of hydrogen-bond acceptors (Lipinski definition) is 3. The first-order chi connectivity index (χ1) is 9.93. The third kappa shape index (κ3) is 3.41. The second-order valence-corrected chi connectivity index (χ2v) is 5.56. The molecule has 1 N–H and O–H groups in total. The third-order valence-corrected chi connectivity index (χ3v) is 4.06. The van der Waals surface area contributed by atoms with Gasteiger partial charge in [0.25, 0.3) is 0 Å². The minimum Gasteiger partial charge on any atom is -0.464 e. The Morgan fingerprint density at radius 2 is 2.00 bits per heavy atom. The normalized spacial score (nSPS) is 16.8. The van der Waals surface area contributed by atoms with Gasteiger partial charge in [-0.1, -0.05) is 37.5 Å². The molecule has 0 radical (unpaired) electrons. The van der Waals surface area contributed by atoms with E-state index in [0.29, 0.717) is 6.10 Å². The molecule has 1 aliphatic rings. The Morgan fingerprint density at radius 1 is 1.15 bits per heavy atom. The predicted molar refractivity (Wildman–Crippen MR) is 80.7 cm³/mol.